The minimum Gasteiger partial charge on any atom is -0.326 e. The molecule has 1 atom stereocenters. The Kier molecular flexibility index (Phi) is 5.44. The molecule has 8 nitrogen and oxygen atoms in total. The van der Waals surface area contributed by atoms with E-state index in [2.05, 4.69) is 24.8 Å². The van der Waals surface area contributed by atoms with Crippen molar-refractivity contribution < 1.29 is 9.18 Å². The number of amides is 1. The molecule has 1 unspecified atom stereocenters. The number of aryl methyl sites for hydroxylation is 1. The van der Waals surface area contributed by atoms with Gasteiger partial charge in [-0.1, -0.05) is 18.6 Å². The number of likely N-dealkylation sites (tertiary alicyclic amines) is 1. The van der Waals surface area contributed by atoms with Gasteiger partial charge in [0.2, 0.25) is 5.82 Å². The van der Waals surface area contributed by atoms with Crippen molar-refractivity contribution in [2.24, 2.45) is 0 Å². The van der Waals surface area contributed by atoms with E-state index in [-0.39, 0.29) is 23.6 Å². The van der Waals surface area contributed by atoms with Crippen molar-refractivity contribution in [1.82, 2.24) is 34.4 Å². The zero-order valence-corrected chi connectivity index (χ0v) is 19.4. The molecule has 1 amide bonds. The quantitative estimate of drug-likeness (QED) is 0.434. The molecule has 0 saturated carbocycles. The fraction of sp³-hybridized carbons (Fsp3) is 0.375. The van der Waals surface area contributed by atoms with Crippen molar-refractivity contribution in [2.75, 3.05) is 6.54 Å². The molecule has 34 heavy (non-hydrogen) atoms. The van der Waals surface area contributed by atoms with Gasteiger partial charge in [0.25, 0.3) is 5.91 Å². The van der Waals surface area contributed by atoms with Crippen molar-refractivity contribution in [3.8, 4) is 16.4 Å². The van der Waals surface area contributed by atoms with Gasteiger partial charge >= 0.3 is 0 Å². The van der Waals surface area contributed by atoms with Crippen LogP contribution in [0.1, 0.15) is 60.4 Å². The molecule has 1 aromatic carbocycles. The first kappa shape index (κ1) is 21.2. The van der Waals surface area contributed by atoms with Crippen LogP contribution in [0.3, 0.4) is 0 Å². The van der Waals surface area contributed by atoms with Crippen molar-refractivity contribution in [1.29, 1.82) is 0 Å². The van der Waals surface area contributed by atoms with E-state index in [9.17, 15) is 9.18 Å². The molecule has 0 N–H and O–H groups in total. The number of thiophene rings is 1. The Morgan fingerprint density at radius 1 is 1.06 bits per heavy atom. The molecular formula is C24H24FN7OS. The lowest BCUT2D eigenvalue weighted by atomic mass is 10.2. The maximum atomic E-state index is 14.0. The molecule has 0 radical (unpaired) electrons. The summed E-state index contributed by atoms with van der Waals surface area (Å²) >= 11 is 1.50. The molecule has 1 saturated heterocycles. The third kappa shape index (κ3) is 3.71. The fourth-order valence-corrected chi connectivity index (χ4v) is 5.61. The van der Waals surface area contributed by atoms with Gasteiger partial charge in [0.05, 0.1) is 16.6 Å². The first-order chi connectivity index (χ1) is 16.7. The lowest BCUT2D eigenvalue weighted by molar-refractivity contribution is 0.0714. The van der Waals surface area contributed by atoms with E-state index in [1.165, 1.54) is 29.9 Å². The van der Waals surface area contributed by atoms with E-state index in [0.29, 0.717) is 18.1 Å². The standard InChI is InChI=1S/C24H24FN7OS/c25-16-7-4-8-17(15-16)32-23(19-10-6-14-34-19)26-21(29-32)24(33)30-13-5-9-18(30)22-28-27-20-11-2-1-3-12-31(20)22/h4,6-8,10,14-15,18H,1-3,5,9,11-13H2. The smallest absolute Gasteiger partial charge is 0.294 e. The zero-order chi connectivity index (χ0) is 23.1. The summed E-state index contributed by atoms with van der Waals surface area (Å²) in [5.41, 5.74) is 0.524. The topological polar surface area (TPSA) is 81.7 Å². The van der Waals surface area contributed by atoms with Gasteiger partial charge in [-0.05, 0) is 55.3 Å². The molecule has 4 aromatic rings. The zero-order valence-electron chi connectivity index (χ0n) is 18.6. The number of rotatable bonds is 4. The van der Waals surface area contributed by atoms with Crippen LogP contribution in [-0.2, 0) is 13.0 Å². The van der Waals surface area contributed by atoms with Crippen LogP contribution in [0, 0.1) is 5.82 Å². The van der Waals surface area contributed by atoms with Crippen LogP contribution in [-0.4, -0.2) is 46.9 Å². The van der Waals surface area contributed by atoms with E-state index >= 15 is 0 Å². The average Bonchev–Trinajstić information content (AvgIpc) is 3.63. The molecule has 2 aliphatic heterocycles. The van der Waals surface area contributed by atoms with E-state index in [0.717, 1.165) is 55.2 Å². The molecule has 0 bridgehead atoms. The highest BCUT2D eigenvalue weighted by Crippen LogP contribution is 2.34. The van der Waals surface area contributed by atoms with Crippen LogP contribution in [0.25, 0.3) is 16.4 Å². The van der Waals surface area contributed by atoms with E-state index in [1.807, 2.05) is 22.4 Å². The maximum absolute atomic E-state index is 14.0. The van der Waals surface area contributed by atoms with Crippen molar-refractivity contribution in [3.05, 3.63) is 65.1 Å². The van der Waals surface area contributed by atoms with Crippen LogP contribution >= 0.6 is 11.3 Å². The molecular weight excluding hydrogens is 453 g/mol. The molecule has 0 spiro atoms. The number of hydrogen-bond acceptors (Lipinski definition) is 6. The van der Waals surface area contributed by atoms with Gasteiger partial charge in [0.15, 0.2) is 11.6 Å². The fourth-order valence-electron chi connectivity index (χ4n) is 4.92. The second-order valence-electron chi connectivity index (χ2n) is 8.72. The predicted octanol–water partition coefficient (Wildman–Crippen LogP) is 4.43. The second-order valence-corrected chi connectivity index (χ2v) is 9.67. The molecule has 2 aliphatic rings. The van der Waals surface area contributed by atoms with Crippen LogP contribution in [0.4, 0.5) is 4.39 Å². The average molecular weight is 478 g/mol. The molecule has 3 aromatic heterocycles. The Bertz CT molecular complexity index is 1330. The third-order valence-corrected chi connectivity index (χ3v) is 7.41. The lowest BCUT2D eigenvalue weighted by Crippen LogP contribution is -2.33. The number of nitrogens with zero attached hydrogens (tertiary/aromatic N) is 7. The summed E-state index contributed by atoms with van der Waals surface area (Å²) < 4.78 is 17.7. The van der Waals surface area contributed by atoms with E-state index in [1.54, 1.807) is 16.8 Å². The van der Waals surface area contributed by atoms with Crippen LogP contribution < -0.4 is 0 Å². The number of carbonyl (C=O) groups is 1. The first-order valence-corrected chi connectivity index (χ1v) is 12.6. The molecule has 6 rings (SSSR count). The van der Waals surface area contributed by atoms with Gasteiger partial charge in [0, 0.05) is 19.5 Å². The number of halogens is 1. The molecule has 1 fully saturated rings. The lowest BCUT2D eigenvalue weighted by Gasteiger charge is -2.23. The van der Waals surface area contributed by atoms with E-state index in [4.69, 9.17) is 0 Å². The SMILES string of the molecule is O=C(c1nc(-c2cccs2)n(-c2cccc(F)c2)n1)N1CCCC1c1nnc2n1CCCCC2. The highest BCUT2D eigenvalue weighted by atomic mass is 32.1. The monoisotopic (exact) mass is 477 g/mol. The van der Waals surface area contributed by atoms with Gasteiger partial charge in [-0.3, -0.25) is 4.79 Å². The predicted molar refractivity (Wildman–Crippen MR) is 125 cm³/mol. The second kappa shape index (κ2) is 8.75. The number of aromatic nitrogens is 6. The summed E-state index contributed by atoms with van der Waals surface area (Å²) in [4.78, 5) is 21.0. The molecule has 0 aliphatic carbocycles. The minimum absolute atomic E-state index is 0.107. The first-order valence-electron chi connectivity index (χ1n) is 11.7. The Morgan fingerprint density at radius 3 is 2.85 bits per heavy atom. The third-order valence-electron chi connectivity index (χ3n) is 6.54. The number of benzene rings is 1. The summed E-state index contributed by atoms with van der Waals surface area (Å²) in [6, 6.07) is 9.85. The summed E-state index contributed by atoms with van der Waals surface area (Å²) in [6.07, 6.45) is 6.06. The largest absolute Gasteiger partial charge is 0.326 e. The van der Waals surface area contributed by atoms with Gasteiger partial charge in [-0.15, -0.1) is 26.6 Å². The van der Waals surface area contributed by atoms with Crippen molar-refractivity contribution in [2.45, 2.75) is 51.1 Å². The van der Waals surface area contributed by atoms with Crippen LogP contribution in [0.5, 0.6) is 0 Å². The number of fused-ring (bicyclic) bond motifs is 1. The van der Waals surface area contributed by atoms with Crippen LogP contribution in [0.15, 0.2) is 41.8 Å². The Hall–Kier alpha value is -3.40. The summed E-state index contributed by atoms with van der Waals surface area (Å²) in [6.45, 7) is 1.51. The van der Waals surface area contributed by atoms with Gasteiger partial charge in [0.1, 0.15) is 11.6 Å². The maximum Gasteiger partial charge on any atom is 0.294 e. The Morgan fingerprint density at radius 2 is 2.00 bits per heavy atom. The van der Waals surface area contributed by atoms with Crippen molar-refractivity contribution in [3.63, 3.8) is 0 Å². The minimum atomic E-state index is -0.370. The van der Waals surface area contributed by atoms with Gasteiger partial charge < -0.3 is 9.47 Å². The Labute approximate surface area is 200 Å². The normalized spacial score (nSPS) is 18.1. The van der Waals surface area contributed by atoms with Crippen molar-refractivity contribution >= 4 is 17.2 Å². The number of hydrogen-bond donors (Lipinski definition) is 0. The van der Waals surface area contributed by atoms with E-state index < -0.39 is 0 Å². The summed E-state index contributed by atoms with van der Waals surface area (Å²) in [5.74, 6) is 1.91. The summed E-state index contributed by atoms with van der Waals surface area (Å²) in [7, 11) is 0. The Balaban J connectivity index is 1.37. The highest BCUT2D eigenvalue weighted by molar-refractivity contribution is 7.13. The molecule has 10 heteroatoms. The highest BCUT2D eigenvalue weighted by Gasteiger charge is 2.37. The van der Waals surface area contributed by atoms with Gasteiger partial charge in [-0.2, -0.15) is 0 Å². The number of carbonyl (C=O) groups excluding carboxylic acids is 1. The molecule has 5 heterocycles. The summed E-state index contributed by atoms with van der Waals surface area (Å²) in [5, 5.41) is 15.4. The van der Waals surface area contributed by atoms with Crippen LogP contribution in [0.2, 0.25) is 0 Å². The molecule has 174 valence electrons. The van der Waals surface area contributed by atoms with Gasteiger partial charge in [-0.25, -0.2) is 14.1 Å².